The molecular weight excluding hydrogens is 353 g/mol. The van der Waals surface area contributed by atoms with E-state index in [1.807, 2.05) is 11.0 Å². The molecule has 1 aromatic heterocycles. The van der Waals surface area contributed by atoms with E-state index in [4.69, 9.17) is 27.9 Å². The van der Waals surface area contributed by atoms with Crippen molar-refractivity contribution in [2.45, 2.75) is 25.5 Å². The van der Waals surface area contributed by atoms with Crippen LogP contribution in [0, 0.1) is 0 Å². The number of aryl methyl sites for hydroxylation is 1. The molecule has 0 bridgehead atoms. The van der Waals surface area contributed by atoms with Gasteiger partial charge in [-0.05, 0) is 34.5 Å². The van der Waals surface area contributed by atoms with Crippen LogP contribution in [0.3, 0.4) is 0 Å². The molecule has 1 aromatic carbocycles. The number of amides is 1. The van der Waals surface area contributed by atoms with Gasteiger partial charge in [0.05, 0.1) is 23.2 Å². The lowest BCUT2D eigenvalue weighted by Gasteiger charge is -2.33. The highest BCUT2D eigenvalue weighted by molar-refractivity contribution is 6.42. The third kappa shape index (κ3) is 4.23. The number of benzene rings is 1. The van der Waals surface area contributed by atoms with Crippen LogP contribution in [0.25, 0.3) is 0 Å². The second-order valence-electron chi connectivity index (χ2n) is 5.55. The SMILES string of the molecule is O=C(CCCn1cnnn1)N1CCOC(c2ccc(Cl)c(Cl)c2)C1. The summed E-state index contributed by atoms with van der Waals surface area (Å²) in [5, 5.41) is 11.9. The third-order valence-corrected chi connectivity index (χ3v) is 4.64. The molecule has 1 unspecified atom stereocenters. The fraction of sp³-hybridized carbons (Fsp3) is 0.467. The largest absolute Gasteiger partial charge is 0.370 e. The van der Waals surface area contributed by atoms with E-state index < -0.39 is 0 Å². The van der Waals surface area contributed by atoms with Crippen molar-refractivity contribution in [1.82, 2.24) is 25.1 Å². The van der Waals surface area contributed by atoms with Crippen molar-refractivity contribution in [3.05, 3.63) is 40.1 Å². The molecule has 2 aromatic rings. The van der Waals surface area contributed by atoms with Gasteiger partial charge in [0.15, 0.2) is 0 Å². The molecule has 1 aliphatic rings. The van der Waals surface area contributed by atoms with E-state index in [0.29, 0.717) is 49.1 Å². The van der Waals surface area contributed by atoms with Crippen LogP contribution in [0.4, 0.5) is 0 Å². The Bertz CT molecular complexity index is 695. The lowest BCUT2D eigenvalue weighted by atomic mass is 10.1. The van der Waals surface area contributed by atoms with Gasteiger partial charge in [0.2, 0.25) is 5.91 Å². The Morgan fingerprint density at radius 2 is 2.21 bits per heavy atom. The van der Waals surface area contributed by atoms with Crippen molar-refractivity contribution >= 4 is 29.1 Å². The summed E-state index contributed by atoms with van der Waals surface area (Å²) in [4.78, 5) is 14.2. The van der Waals surface area contributed by atoms with Gasteiger partial charge in [-0.1, -0.05) is 29.3 Å². The van der Waals surface area contributed by atoms with Crippen LogP contribution in [0.5, 0.6) is 0 Å². The molecule has 2 heterocycles. The van der Waals surface area contributed by atoms with Gasteiger partial charge >= 0.3 is 0 Å². The number of tetrazole rings is 1. The number of carbonyl (C=O) groups is 1. The lowest BCUT2D eigenvalue weighted by molar-refractivity contribution is -0.139. The van der Waals surface area contributed by atoms with Crippen LogP contribution >= 0.6 is 23.2 Å². The molecule has 3 rings (SSSR count). The summed E-state index contributed by atoms with van der Waals surface area (Å²) in [5.74, 6) is 0.108. The minimum absolute atomic E-state index is 0.108. The van der Waals surface area contributed by atoms with Gasteiger partial charge in [-0.2, -0.15) is 0 Å². The van der Waals surface area contributed by atoms with Crippen LogP contribution in [-0.2, 0) is 16.1 Å². The van der Waals surface area contributed by atoms with Gasteiger partial charge in [0.1, 0.15) is 12.4 Å². The summed E-state index contributed by atoms with van der Waals surface area (Å²) in [5.41, 5.74) is 0.926. The number of hydrogen-bond acceptors (Lipinski definition) is 5. The quantitative estimate of drug-likeness (QED) is 0.808. The number of carbonyl (C=O) groups excluding carboxylic acids is 1. The molecule has 1 atom stereocenters. The molecule has 0 radical (unpaired) electrons. The number of ether oxygens (including phenoxy) is 1. The average molecular weight is 370 g/mol. The van der Waals surface area contributed by atoms with Crippen LogP contribution in [0.1, 0.15) is 24.5 Å². The fourth-order valence-electron chi connectivity index (χ4n) is 2.62. The van der Waals surface area contributed by atoms with Crippen LogP contribution in [-0.4, -0.2) is 50.7 Å². The van der Waals surface area contributed by atoms with Gasteiger partial charge < -0.3 is 9.64 Å². The zero-order chi connectivity index (χ0) is 16.9. The number of morpholine rings is 1. The fourth-order valence-corrected chi connectivity index (χ4v) is 2.93. The van der Waals surface area contributed by atoms with E-state index in [9.17, 15) is 4.79 Å². The number of hydrogen-bond donors (Lipinski definition) is 0. The molecule has 0 N–H and O–H groups in total. The van der Waals surface area contributed by atoms with E-state index in [1.54, 1.807) is 23.1 Å². The first-order chi connectivity index (χ1) is 11.6. The highest BCUT2D eigenvalue weighted by atomic mass is 35.5. The van der Waals surface area contributed by atoms with Crippen molar-refractivity contribution in [2.75, 3.05) is 19.7 Å². The molecule has 1 aliphatic heterocycles. The van der Waals surface area contributed by atoms with Crippen LogP contribution in [0.2, 0.25) is 10.0 Å². The Hall–Kier alpha value is -1.70. The third-order valence-electron chi connectivity index (χ3n) is 3.90. The highest BCUT2D eigenvalue weighted by Crippen LogP contribution is 2.29. The second-order valence-corrected chi connectivity index (χ2v) is 6.36. The summed E-state index contributed by atoms with van der Waals surface area (Å²) in [6, 6.07) is 5.42. The van der Waals surface area contributed by atoms with Crippen molar-refractivity contribution in [1.29, 1.82) is 0 Å². The predicted molar refractivity (Wildman–Crippen MR) is 88.8 cm³/mol. The summed E-state index contributed by atoms with van der Waals surface area (Å²) in [6.07, 6.45) is 2.50. The number of aromatic nitrogens is 4. The maximum atomic E-state index is 12.4. The van der Waals surface area contributed by atoms with E-state index in [2.05, 4.69) is 15.5 Å². The van der Waals surface area contributed by atoms with Crippen molar-refractivity contribution in [3.8, 4) is 0 Å². The lowest BCUT2D eigenvalue weighted by Crippen LogP contribution is -2.42. The monoisotopic (exact) mass is 369 g/mol. The van der Waals surface area contributed by atoms with Gasteiger partial charge in [0, 0.05) is 19.5 Å². The maximum absolute atomic E-state index is 12.4. The Labute approximate surface area is 149 Å². The minimum atomic E-state index is -0.183. The Balaban J connectivity index is 1.54. The molecule has 9 heteroatoms. The Kier molecular flexibility index (Phi) is 5.65. The molecule has 7 nitrogen and oxygen atoms in total. The number of halogens is 2. The first kappa shape index (κ1) is 17.1. The van der Waals surface area contributed by atoms with Crippen molar-refractivity contribution < 1.29 is 9.53 Å². The predicted octanol–water partition coefficient (Wildman–Crippen LogP) is 2.36. The van der Waals surface area contributed by atoms with E-state index in [-0.39, 0.29) is 12.0 Å². The van der Waals surface area contributed by atoms with E-state index >= 15 is 0 Å². The molecule has 0 aliphatic carbocycles. The van der Waals surface area contributed by atoms with Crippen LogP contribution in [0.15, 0.2) is 24.5 Å². The minimum Gasteiger partial charge on any atom is -0.370 e. The molecule has 128 valence electrons. The van der Waals surface area contributed by atoms with Crippen molar-refractivity contribution in [2.24, 2.45) is 0 Å². The standard InChI is InChI=1S/C15H17Cl2N5O2/c16-12-4-3-11(8-13(12)17)14-9-21(6-7-24-14)15(23)2-1-5-22-10-18-19-20-22/h3-4,8,10,14H,1-2,5-7,9H2. The summed E-state index contributed by atoms with van der Waals surface area (Å²) >= 11 is 12.0. The number of nitrogens with zero attached hydrogens (tertiary/aromatic N) is 5. The molecule has 1 amide bonds. The molecule has 1 saturated heterocycles. The smallest absolute Gasteiger partial charge is 0.222 e. The average Bonchev–Trinajstić information content (AvgIpc) is 3.11. The van der Waals surface area contributed by atoms with Gasteiger partial charge in [0.25, 0.3) is 0 Å². The molecule has 0 saturated carbocycles. The van der Waals surface area contributed by atoms with Crippen molar-refractivity contribution in [3.63, 3.8) is 0 Å². The summed E-state index contributed by atoms with van der Waals surface area (Å²) in [6.45, 7) is 2.24. The molecular formula is C15H17Cl2N5O2. The number of rotatable bonds is 5. The van der Waals surface area contributed by atoms with Crippen LogP contribution < -0.4 is 0 Å². The van der Waals surface area contributed by atoms with E-state index in [0.717, 1.165) is 5.56 Å². The first-order valence-corrected chi connectivity index (χ1v) is 8.44. The Morgan fingerprint density at radius 3 is 2.96 bits per heavy atom. The Morgan fingerprint density at radius 1 is 1.33 bits per heavy atom. The van der Waals surface area contributed by atoms with Gasteiger partial charge in [-0.15, -0.1) is 5.10 Å². The molecule has 1 fully saturated rings. The highest BCUT2D eigenvalue weighted by Gasteiger charge is 2.25. The van der Waals surface area contributed by atoms with Gasteiger partial charge in [-0.25, -0.2) is 4.68 Å². The summed E-state index contributed by atoms with van der Waals surface area (Å²) in [7, 11) is 0. The topological polar surface area (TPSA) is 73.1 Å². The molecule has 24 heavy (non-hydrogen) atoms. The maximum Gasteiger partial charge on any atom is 0.222 e. The molecule has 0 spiro atoms. The first-order valence-electron chi connectivity index (χ1n) is 7.68. The normalized spacial score (nSPS) is 17.9. The van der Waals surface area contributed by atoms with Gasteiger partial charge in [-0.3, -0.25) is 4.79 Å². The van der Waals surface area contributed by atoms with E-state index in [1.165, 1.54) is 0 Å². The second kappa shape index (κ2) is 7.92. The zero-order valence-corrected chi connectivity index (χ0v) is 14.4. The summed E-state index contributed by atoms with van der Waals surface area (Å²) < 4.78 is 7.39. The zero-order valence-electron chi connectivity index (χ0n) is 12.9.